The van der Waals surface area contributed by atoms with Crippen LogP contribution in [0.1, 0.15) is 0 Å². The molecule has 0 spiro atoms. The number of nitrogens with two attached hydrogens (primary N) is 1. The molecule has 1 aromatic heterocycles. The molecule has 0 saturated carbocycles. The molecule has 0 saturated heterocycles. The number of nitrogen functional groups attached to an aromatic ring is 1. The first-order chi connectivity index (χ1) is 8.46. The van der Waals surface area contributed by atoms with Gasteiger partial charge in [0.15, 0.2) is 0 Å². The molecule has 0 atom stereocenters. The standard InChI is InChI=1S/C11H8F3N3O/c12-11(13,14)18-8-1-2-10(15)9(3-8)7-4-16-6-17-5-7/h1-6H,15H2. The molecular formula is C11H8F3N3O. The van der Waals surface area contributed by atoms with Crippen molar-refractivity contribution in [1.82, 2.24) is 9.97 Å². The molecule has 1 heterocycles. The molecule has 2 N–H and O–H groups in total. The Labute approximate surface area is 100 Å². The Morgan fingerprint density at radius 3 is 2.39 bits per heavy atom. The second-order valence-corrected chi connectivity index (χ2v) is 3.42. The fourth-order valence-electron chi connectivity index (χ4n) is 1.42. The largest absolute Gasteiger partial charge is 0.573 e. The molecule has 0 unspecified atom stereocenters. The van der Waals surface area contributed by atoms with Gasteiger partial charge in [0.1, 0.15) is 12.1 Å². The lowest BCUT2D eigenvalue weighted by molar-refractivity contribution is -0.274. The molecule has 7 heteroatoms. The van der Waals surface area contributed by atoms with Crippen LogP contribution in [0.3, 0.4) is 0 Å². The van der Waals surface area contributed by atoms with Crippen molar-refractivity contribution in [3.63, 3.8) is 0 Å². The molecule has 2 rings (SSSR count). The lowest BCUT2D eigenvalue weighted by atomic mass is 10.1. The van der Waals surface area contributed by atoms with E-state index in [9.17, 15) is 13.2 Å². The molecule has 0 aliphatic carbocycles. The summed E-state index contributed by atoms with van der Waals surface area (Å²) in [6.45, 7) is 0. The SMILES string of the molecule is Nc1ccc(OC(F)(F)F)cc1-c1cncnc1. The van der Waals surface area contributed by atoms with Gasteiger partial charge in [0.05, 0.1) is 0 Å². The number of aromatic nitrogens is 2. The number of halogens is 3. The zero-order chi connectivity index (χ0) is 13.2. The Hall–Kier alpha value is -2.31. The maximum Gasteiger partial charge on any atom is 0.573 e. The average Bonchev–Trinajstić information content (AvgIpc) is 2.31. The number of alkyl halides is 3. The first-order valence-electron chi connectivity index (χ1n) is 4.86. The Morgan fingerprint density at radius 2 is 1.78 bits per heavy atom. The van der Waals surface area contributed by atoms with E-state index in [1.165, 1.54) is 30.9 Å². The van der Waals surface area contributed by atoms with E-state index in [0.717, 1.165) is 6.07 Å². The summed E-state index contributed by atoms with van der Waals surface area (Å²) >= 11 is 0. The van der Waals surface area contributed by atoms with Crippen molar-refractivity contribution < 1.29 is 17.9 Å². The van der Waals surface area contributed by atoms with Crippen LogP contribution in [0, 0.1) is 0 Å². The van der Waals surface area contributed by atoms with E-state index in [1.54, 1.807) is 0 Å². The fourth-order valence-corrected chi connectivity index (χ4v) is 1.42. The van der Waals surface area contributed by atoms with Crippen molar-refractivity contribution in [2.75, 3.05) is 5.73 Å². The highest BCUT2D eigenvalue weighted by molar-refractivity contribution is 5.76. The second-order valence-electron chi connectivity index (χ2n) is 3.42. The van der Waals surface area contributed by atoms with Crippen molar-refractivity contribution in [3.05, 3.63) is 36.9 Å². The molecular weight excluding hydrogens is 247 g/mol. The number of benzene rings is 1. The number of nitrogens with zero attached hydrogens (tertiary/aromatic N) is 2. The fraction of sp³-hybridized carbons (Fsp3) is 0.0909. The predicted octanol–water partition coefficient (Wildman–Crippen LogP) is 2.62. The van der Waals surface area contributed by atoms with Gasteiger partial charge in [0, 0.05) is 29.2 Å². The molecule has 0 aliphatic rings. The van der Waals surface area contributed by atoms with E-state index in [2.05, 4.69) is 14.7 Å². The molecule has 18 heavy (non-hydrogen) atoms. The zero-order valence-corrected chi connectivity index (χ0v) is 8.98. The Morgan fingerprint density at radius 1 is 1.11 bits per heavy atom. The molecule has 0 radical (unpaired) electrons. The van der Waals surface area contributed by atoms with Gasteiger partial charge in [0.25, 0.3) is 0 Å². The van der Waals surface area contributed by atoms with Crippen LogP contribution < -0.4 is 10.5 Å². The van der Waals surface area contributed by atoms with Gasteiger partial charge < -0.3 is 10.5 Å². The van der Waals surface area contributed by atoms with E-state index < -0.39 is 6.36 Å². The average molecular weight is 255 g/mol. The maximum atomic E-state index is 12.1. The molecule has 4 nitrogen and oxygen atoms in total. The van der Waals surface area contributed by atoms with E-state index in [-0.39, 0.29) is 5.75 Å². The summed E-state index contributed by atoms with van der Waals surface area (Å²) in [6.07, 6.45) is -0.511. The van der Waals surface area contributed by atoms with Crippen LogP contribution >= 0.6 is 0 Å². The van der Waals surface area contributed by atoms with Gasteiger partial charge in [0.2, 0.25) is 0 Å². The van der Waals surface area contributed by atoms with Gasteiger partial charge in [-0.3, -0.25) is 0 Å². The minimum Gasteiger partial charge on any atom is -0.406 e. The summed E-state index contributed by atoms with van der Waals surface area (Å²) < 4.78 is 40.1. The van der Waals surface area contributed by atoms with Gasteiger partial charge in [-0.2, -0.15) is 0 Å². The van der Waals surface area contributed by atoms with E-state index in [0.29, 0.717) is 16.8 Å². The number of rotatable bonds is 2. The molecule has 0 aliphatic heterocycles. The van der Waals surface area contributed by atoms with Crippen LogP contribution in [0.4, 0.5) is 18.9 Å². The highest BCUT2D eigenvalue weighted by Crippen LogP contribution is 2.31. The summed E-state index contributed by atoms with van der Waals surface area (Å²) in [5, 5.41) is 0. The van der Waals surface area contributed by atoms with Crippen LogP contribution in [0.15, 0.2) is 36.9 Å². The third kappa shape index (κ3) is 2.88. The maximum absolute atomic E-state index is 12.1. The first kappa shape index (κ1) is 12.2. The Bertz CT molecular complexity index is 543. The van der Waals surface area contributed by atoms with Crippen molar-refractivity contribution in [2.45, 2.75) is 6.36 Å². The quantitative estimate of drug-likeness (QED) is 0.838. The number of ether oxygens (including phenoxy) is 1. The van der Waals surface area contributed by atoms with Crippen molar-refractivity contribution in [3.8, 4) is 16.9 Å². The molecule has 0 amide bonds. The summed E-state index contributed by atoms with van der Waals surface area (Å²) in [5.74, 6) is -0.337. The normalized spacial score (nSPS) is 11.3. The lowest BCUT2D eigenvalue weighted by Gasteiger charge is -2.11. The topological polar surface area (TPSA) is 61.0 Å². The number of hydrogen-bond donors (Lipinski definition) is 1. The summed E-state index contributed by atoms with van der Waals surface area (Å²) in [5.41, 5.74) is 6.91. The van der Waals surface area contributed by atoms with E-state index in [4.69, 9.17) is 5.73 Å². The van der Waals surface area contributed by atoms with Crippen LogP contribution in [-0.2, 0) is 0 Å². The van der Waals surface area contributed by atoms with E-state index >= 15 is 0 Å². The summed E-state index contributed by atoms with van der Waals surface area (Å²) in [4.78, 5) is 7.55. The molecule has 94 valence electrons. The number of anilines is 1. The van der Waals surface area contributed by atoms with Crippen molar-refractivity contribution >= 4 is 5.69 Å². The van der Waals surface area contributed by atoms with E-state index in [1.807, 2.05) is 0 Å². The lowest BCUT2D eigenvalue weighted by Crippen LogP contribution is -2.17. The first-order valence-corrected chi connectivity index (χ1v) is 4.86. The molecule has 1 aromatic carbocycles. The monoisotopic (exact) mass is 255 g/mol. The smallest absolute Gasteiger partial charge is 0.406 e. The minimum atomic E-state index is -4.74. The zero-order valence-electron chi connectivity index (χ0n) is 8.98. The summed E-state index contributed by atoms with van der Waals surface area (Å²) in [7, 11) is 0. The van der Waals surface area contributed by atoms with Gasteiger partial charge in [-0.15, -0.1) is 13.2 Å². The second kappa shape index (κ2) is 4.52. The Kier molecular flexibility index (Phi) is 3.05. The number of hydrogen-bond acceptors (Lipinski definition) is 4. The van der Waals surface area contributed by atoms with Crippen LogP contribution in [0.5, 0.6) is 5.75 Å². The van der Waals surface area contributed by atoms with Crippen molar-refractivity contribution in [2.24, 2.45) is 0 Å². The summed E-state index contributed by atoms with van der Waals surface area (Å²) in [6, 6.07) is 3.68. The third-order valence-electron chi connectivity index (χ3n) is 2.13. The van der Waals surface area contributed by atoms with Gasteiger partial charge in [-0.25, -0.2) is 9.97 Å². The van der Waals surface area contributed by atoms with Gasteiger partial charge in [-0.05, 0) is 18.2 Å². The molecule has 0 bridgehead atoms. The highest BCUT2D eigenvalue weighted by atomic mass is 19.4. The van der Waals surface area contributed by atoms with Crippen molar-refractivity contribution in [1.29, 1.82) is 0 Å². The van der Waals surface area contributed by atoms with Gasteiger partial charge >= 0.3 is 6.36 Å². The molecule has 0 fully saturated rings. The van der Waals surface area contributed by atoms with Crippen LogP contribution in [0.25, 0.3) is 11.1 Å². The Balaban J connectivity index is 2.39. The third-order valence-corrected chi connectivity index (χ3v) is 2.13. The minimum absolute atomic E-state index is 0.319. The highest BCUT2D eigenvalue weighted by Gasteiger charge is 2.31. The van der Waals surface area contributed by atoms with Crippen LogP contribution in [0.2, 0.25) is 0 Å². The molecule has 2 aromatic rings. The van der Waals surface area contributed by atoms with Crippen LogP contribution in [-0.4, -0.2) is 16.3 Å². The predicted molar refractivity (Wildman–Crippen MR) is 58.6 cm³/mol. The van der Waals surface area contributed by atoms with Gasteiger partial charge in [-0.1, -0.05) is 0 Å².